The van der Waals surface area contributed by atoms with Crippen molar-refractivity contribution in [2.75, 3.05) is 0 Å². The normalized spacial score (nSPS) is 9.00. The van der Waals surface area contributed by atoms with E-state index in [0.717, 1.165) is 0 Å². The monoisotopic (exact) mass is 244 g/mol. The minimum absolute atomic E-state index is 0.138. The highest BCUT2D eigenvalue weighted by molar-refractivity contribution is 5.90. The van der Waals surface area contributed by atoms with Gasteiger partial charge in [-0.1, -0.05) is 32.0 Å². The lowest BCUT2D eigenvalue weighted by atomic mass is 10.2. The molecule has 0 aliphatic heterocycles. The lowest BCUT2D eigenvalue weighted by Gasteiger charge is -2.03. The Morgan fingerprint density at radius 1 is 0.944 bits per heavy atom. The summed E-state index contributed by atoms with van der Waals surface area (Å²) in [5.74, 6) is 0.137. The largest absolute Gasteiger partial charge is 0.508 e. The van der Waals surface area contributed by atoms with Gasteiger partial charge in [0.25, 0.3) is 0 Å². The molecule has 0 saturated heterocycles. The zero-order valence-electron chi connectivity index (χ0n) is 10.5. The zero-order valence-corrected chi connectivity index (χ0v) is 10.5. The molecule has 2 rings (SSSR count). The highest BCUT2D eigenvalue weighted by atomic mass is 16.5. The molecule has 0 aromatic heterocycles. The Morgan fingerprint density at radius 2 is 1.50 bits per heavy atom. The first-order chi connectivity index (χ1) is 8.75. The summed E-state index contributed by atoms with van der Waals surface area (Å²) in [6.45, 7) is 4.00. The van der Waals surface area contributed by atoms with Crippen LogP contribution < -0.4 is 4.74 Å². The molecule has 2 aromatic rings. The Hall–Kier alpha value is -2.29. The molecule has 0 aliphatic rings. The van der Waals surface area contributed by atoms with Crippen molar-refractivity contribution in [2.24, 2.45) is 0 Å². The minimum Gasteiger partial charge on any atom is -0.508 e. The van der Waals surface area contributed by atoms with Crippen LogP contribution in [0.3, 0.4) is 0 Å². The molecule has 0 heterocycles. The van der Waals surface area contributed by atoms with Crippen LogP contribution in [0, 0.1) is 0 Å². The van der Waals surface area contributed by atoms with E-state index >= 15 is 0 Å². The van der Waals surface area contributed by atoms with Gasteiger partial charge in [0.1, 0.15) is 11.5 Å². The molecule has 3 nitrogen and oxygen atoms in total. The summed E-state index contributed by atoms with van der Waals surface area (Å²) in [5, 5.41) is 9.07. The van der Waals surface area contributed by atoms with Crippen LogP contribution in [0.15, 0.2) is 54.6 Å². The number of benzene rings is 2. The van der Waals surface area contributed by atoms with E-state index in [4.69, 9.17) is 9.84 Å². The zero-order chi connectivity index (χ0) is 13.4. The Balaban J connectivity index is 0.000000771. The number of hydrogen-bond acceptors (Lipinski definition) is 3. The third-order valence-corrected chi connectivity index (χ3v) is 2.06. The first-order valence-electron chi connectivity index (χ1n) is 5.82. The number of hydrogen-bond donors (Lipinski definition) is 1. The molecule has 0 radical (unpaired) electrons. The molecule has 0 spiro atoms. The van der Waals surface area contributed by atoms with Crippen LogP contribution in [0.2, 0.25) is 0 Å². The van der Waals surface area contributed by atoms with Crippen molar-refractivity contribution in [1.82, 2.24) is 0 Å². The summed E-state index contributed by atoms with van der Waals surface area (Å²) < 4.78 is 5.11. The van der Waals surface area contributed by atoms with Crippen molar-refractivity contribution in [3.8, 4) is 11.5 Å². The Labute approximate surface area is 107 Å². The maximum absolute atomic E-state index is 11.6. The fourth-order valence-electron chi connectivity index (χ4n) is 1.25. The summed E-state index contributed by atoms with van der Waals surface area (Å²) in [6, 6.07) is 14.7. The summed E-state index contributed by atoms with van der Waals surface area (Å²) in [7, 11) is 0. The molecule has 18 heavy (non-hydrogen) atoms. The first-order valence-corrected chi connectivity index (χ1v) is 5.82. The highest BCUT2D eigenvalue weighted by Gasteiger charge is 2.06. The number of phenolic OH excluding ortho intramolecular Hbond substituents is 1. The predicted octanol–water partition coefficient (Wildman–Crippen LogP) is 3.64. The lowest BCUT2D eigenvalue weighted by molar-refractivity contribution is 0.0734. The molecule has 0 unspecified atom stereocenters. The molecular formula is C15H16O3. The number of ether oxygens (including phenoxy) is 1. The molecule has 0 saturated carbocycles. The van der Waals surface area contributed by atoms with Gasteiger partial charge in [0.05, 0.1) is 5.56 Å². The molecular weight excluding hydrogens is 228 g/mol. The molecule has 2 aromatic carbocycles. The van der Waals surface area contributed by atoms with E-state index in [1.807, 2.05) is 19.9 Å². The van der Waals surface area contributed by atoms with Gasteiger partial charge in [-0.3, -0.25) is 0 Å². The number of phenols is 1. The van der Waals surface area contributed by atoms with Crippen molar-refractivity contribution >= 4 is 5.97 Å². The van der Waals surface area contributed by atoms with Crippen molar-refractivity contribution in [3.63, 3.8) is 0 Å². The Bertz CT molecular complexity index is 475. The van der Waals surface area contributed by atoms with E-state index in [2.05, 4.69) is 0 Å². The van der Waals surface area contributed by atoms with Crippen LogP contribution in [0.5, 0.6) is 11.5 Å². The topological polar surface area (TPSA) is 46.5 Å². The van der Waals surface area contributed by atoms with E-state index in [1.165, 1.54) is 24.3 Å². The van der Waals surface area contributed by atoms with Gasteiger partial charge in [0, 0.05) is 0 Å². The van der Waals surface area contributed by atoms with E-state index < -0.39 is 5.97 Å². The fraction of sp³-hybridized carbons (Fsp3) is 0.133. The summed E-state index contributed by atoms with van der Waals surface area (Å²) >= 11 is 0. The third kappa shape index (κ3) is 3.94. The molecule has 3 heteroatoms. The maximum atomic E-state index is 11.6. The quantitative estimate of drug-likeness (QED) is 0.648. The van der Waals surface area contributed by atoms with E-state index in [1.54, 1.807) is 24.3 Å². The van der Waals surface area contributed by atoms with Gasteiger partial charge in [-0.05, 0) is 36.4 Å². The number of esters is 1. The van der Waals surface area contributed by atoms with E-state index in [9.17, 15) is 4.79 Å². The van der Waals surface area contributed by atoms with Crippen LogP contribution in [-0.2, 0) is 0 Å². The van der Waals surface area contributed by atoms with Crippen LogP contribution in [-0.4, -0.2) is 11.1 Å². The lowest BCUT2D eigenvalue weighted by Crippen LogP contribution is -2.07. The Morgan fingerprint density at radius 3 is 2.06 bits per heavy atom. The number of carbonyl (C=O) groups is 1. The second-order valence-electron chi connectivity index (χ2n) is 3.25. The summed E-state index contributed by atoms with van der Waals surface area (Å²) in [5.41, 5.74) is 0.496. The smallest absolute Gasteiger partial charge is 0.343 e. The fourth-order valence-corrected chi connectivity index (χ4v) is 1.25. The highest BCUT2D eigenvalue weighted by Crippen LogP contribution is 2.17. The van der Waals surface area contributed by atoms with E-state index in [-0.39, 0.29) is 5.75 Å². The average molecular weight is 244 g/mol. The molecule has 0 aliphatic carbocycles. The number of rotatable bonds is 2. The van der Waals surface area contributed by atoms with E-state index in [0.29, 0.717) is 11.3 Å². The molecule has 0 bridgehead atoms. The first kappa shape index (κ1) is 13.8. The van der Waals surface area contributed by atoms with Gasteiger partial charge in [-0.15, -0.1) is 0 Å². The standard InChI is InChI=1S/C13H10O3.C2H6/c14-11-6-8-12(9-7-11)16-13(15)10-4-2-1-3-5-10;1-2/h1-9,14H;1-2H3. The van der Waals surface area contributed by atoms with Crippen molar-refractivity contribution in [1.29, 1.82) is 0 Å². The van der Waals surface area contributed by atoms with Gasteiger partial charge in [0.2, 0.25) is 0 Å². The van der Waals surface area contributed by atoms with Gasteiger partial charge in [-0.2, -0.15) is 0 Å². The van der Waals surface area contributed by atoms with Crippen LogP contribution in [0.25, 0.3) is 0 Å². The van der Waals surface area contributed by atoms with Gasteiger partial charge < -0.3 is 9.84 Å². The number of aromatic hydroxyl groups is 1. The van der Waals surface area contributed by atoms with Crippen molar-refractivity contribution < 1.29 is 14.6 Å². The molecule has 0 fully saturated rings. The average Bonchev–Trinajstić information content (AvgIpc) is 2.44. The SMILES string of the molecule is CC.O=C(Oc1ccc(O)cc1)c1ccccc1. The third-order valence-electron chi connectivity index (χ3n) is 2.06. The van der Waals surface area contributed by atoms with Crippen LogP contribution in [0.4, 0.5) is 0 Å². The molecule has 0 atom stereocenters. The second kappa shape index (κ2) is 7.12. The number of carbonyl (C=O) groups excluding carboxylic acids is 1. The van der Waals surface area contributed by atoms with Gasteiger partial charge >= 0.3 is 5.97 Å². The van der Waals surface area contributed by atoms with Crippen molar-refractivity contribution in [3.05, 3.63) is 60.2 Å². The predicted molar refractivity (Wildman–Crippen MR) is 70.9 cm³/mol. The second-order valence-corrected chi connectivity index (χ2v) is 3.25. The molecule has 0 amide bonds. The van der Waals surface area contributed by atoms with Crippen LogP contribution in [0.1, 0.15) is 24.2 Å². The van der Waals surface area contributed by atoms with Gasteiger partial charge in [-0.25, -0.2) is 4.79 Å². The minimum atomic E-state index is -0.411. The molecule has 94 valence electrons. The van der Waals surface area contributed by atoms with Crippen LogP contribution >= 0.6 is 0 Å². The van der Waals surface area contributed by atoms with Gasteiger partial charge in [0.15, 0.2) is 0 Å². The van der Waals surface area contributed by atoms with Crippen molar-refractivity contribution in [2.45, 2.75) is 13.8 Å². The Kier molecular flexibility index (Phi) is 5.45. The maximum Gasteiger partial charge on any atom is 0.343 e. The summed E-state index contributed by atoms with van der Waals surface area (Å²) in [6.07, 6.45) is 0. The molecule has 1 N–H and O–H groups in total. The summed E-state index contributed by atoms with van der Waals surface area (Å²) in [4.78, 5) is 11.6.